The lowest BCUT2D eigenvalue weighted by Gasteiger charge is -2.35. The van der Waals surface area contributed by atoms with Gasteiger partial charge in [-0.2, -0.15) is 13.2 Å². The molecule has 10 nitrogen and oxygen atoms in total. The molecule has 1 aromatic rings. The van der Waals surface area contributed by atoms with Crippen molar-refractivity contribution in [3.05, 3.63) is 47.2 Å². The normalized spacial score (nSPS) is 16.8. The zero-order valence-corrected chi connectivity index (χ0v) is 16.7. The number of hydrogen-bond acceptors (Lipinski definition) is 7. The van der Waals surface area contributed by atoms with Gasteiger partial charge in [-0.05, 0) is 18.2 Å². The minimum absolute atomic E-state index is 0.0231. The number of amidine groups is 1. The van der Waals surface area contributed by atoms with Gasteiger partial charge in [-0.25, -0.2) is 0 Å². The molecule has 0 bridgehead atoms. The van der Waals surface area contributed by atoms with Gasteiger partial charge in [0.2, 0.25) is 0 Å². The van der Waals surface area contributed by atoms with Gasteiger partial charge in [0.15, 0.2) is 0 Å². The van der Waals surface area contributed by atoms with E-state index in [9.17, 15) is 27.6 Å². The van der Waals surface area contributed by atoms with Gasteiger partial charge in [-0.1, -0.05) is 12.1 Å². The number of alkyl halides is 3. The zero-order chi connectivity index (χ0) is 23.9. The van der Waals surface area contributed by atoms with Crippen LogP contribution in [0.3, 0.4) is 0 Å². The Morgan fingerprint density at radius 3 is 2.44 bits per heavy atom. The molecule has 13 heteroatoms. The first-order valence-corrected chi connectivity index (χ1v) is 9.25. The standard InChI is InChI=1S/C19H21F3N6O4/c20-19(21,22)18(31)27-15(25)11-1-3-12(4-2-11)16(29)26-9-13-10-32-8-7-28(13)17(30)14(24)5-6-23/h1-6,13,23H,7-10,24H2,(H,26,29)(H2,25,27,31)/t13-/m0/s1. The van der Waals surface area contributed by atoms with E-state index >= 15 is 0 Å². The maximum atomic E-state index is 12.4. The van der Waals surface area contributed by atoms with Crippen LogP contribution in [0.1, 0.15) is 15.9 Å². The van der Waals surface area contributed by atoms with Crippen molar-refractivity contribution in [1.29, 1.82) is 10.8 Å². The molecule has 0 aliphatic carbocycles. The number of carbonyl (C=O) groups excluding carboxylic acids is 3. The van der Waals surface area contributed by atoms with E-state index in [2.05, 4.69) is 5.32 Å². The number of morpholine rings is 1. The van der Waals surface area contributed by atoms with E-state index in [1.165, 1.54) is 34.5 Å². The quantitative estimate of drug-likeness (QED) is 0.234. The van der Waals surface area contributed by atoms with Crippen LogP contribution >= 0.6 is 0 Å². The molecule has 1 saturated heterocycles. The fourth-order valence-electron chi connectivity index (χ4n) is 2.78. The van der Waals surface area contributed by atoms with E-state index in [1.54, 1.807) is 0 Å². The van der Waals surface area contributed by atoms with Crippen LogP contribution in [0, 0.1) is 10.8 Å². The van der Waals surface area contributed by atoms with E-state index in [-0.39, 0.29) is 36.5 Å². The Morgan fingerprint density at radius 2 is 1.84 bits per heavy atom. The third-order valence-electron chi connectivity index (χ3n) is 4.43. The molecule has 1 aromatic carbocycles. The fourth-order valence-corrected chi connectivity index (χ4v) is 2.78. The summed E-state index contributed by atoms with van der Waals surface area (Å²) < 4.78 is 42.2. The molecule has 2 rings (SSSR count). The molecule has 6 N–H and O–H groups in total. The fraction of sp³-hybridized carbons (Fsp3) is 0.316. The second-order valence-electron chi connectivity index (χ2n) is 6.63. The van der Waals surface area contributed by atoms with Crippen LogP contribution in [0.5, 0.6) is 0 Å². The van der Waals surface area contributed by atoms with Crippen LogP contribution in [-0.4, -0.2) is 73.2 Å². The van der Waals surface area contributed by atoms with Crippen molar-refractivity contribution in [2.45, 2.75) is 12.2 Å². The Kier molecular flexibility index (Phi) is 8.07. The Bertz CT molecular complexity index is 930. The van der Waals surface area contributed by atoms with Crippen molar-refractivity contribution in [2.24, 2.45) is 5.73 Å². The summed E-state index contributed by atoms with van der Waals surface area (Å²) in [4.78, 5) is 37.1. The lowest BCUT2D eigenvalue weighted by Crippen LogP contribution is -2.54. The monoisotopic (exact) mass is 454 g/mol. The molecule has 1 atom stereocenters. The second-order valence-corrected chi connectivity index (χ2v) is 6.63. The van der Waals surface area contributed by atoms with Crippen molar-refractivity contribution < 1.29 is 32.3 Å². The molecule has 3 amide bonds. The van der Waals surface area contributed by atoms with Crippen LogP contribution in [-0.2, 0) is 14.3 Å². The number of amides is 3. The Hall–Kier alpha value is -3.74. The second kappa shape index (κ2) is 10.5. The number of carbonyl (C=O) groups is 3. The SMILES string of the molecule is N=CC=C(N)C(=O)N1CCOC[C@@H]1CNC(=O)c1ccc(C(=N)NC(=O)C(F)(F)F)cc1. The molecule has 0 aromatic heterocycles. The predicted molar refractivity (Wildman–Crippen MR) is 107 cm³/mol. The average molecular weight is 454 g/mol. The molecular formula is C19H21F3N6O4. The molecular weight excluding hydrogens is 433 g/mol. The van der Waals surface area contributed by atoms with Crippen LogP contribution in [0.25, 0.3) is 0 Å². The number of ether oxygens (including phenoxy) is 1. The number of rotatable bonds is 6. The molecule has 0 saturated carbocycles. The van der Waals surface area contributed by atoms with Gasteiger partial charge in [-0.15, -0.1) is 0 Å². The predicted octanol–water partition coefficient (Wildman–Crippen LogP) is 0.140. The highest BCUT2D eigenvalue weighted by Gasteiger charge is 2.39. The molecule has 172 valence electrons. The van der Waals surface area contributed by atoms with Crippen molar-refractivity contribution in [2.75, 3.05) is 26.3 Å². The molecule has 1 fully saturated rings. The number of nitrogens with one attached hydrogen (secondary N) is 4. The summed E-state index contributed by atoms with van der Waals surface area (Å²) in [5.41, 5.74) is 5.66. The summed E-state index contributed by atoms with van der Waals surface area (Å²) in [5, 5.41) is 18.6. The molecule has 1 aliphatic rings. The molecule has 0 spiro atoms. The number of halogens is 3. The number of nitrogens with two attached hydrogens (primary N) is 1. The Morgan fingerprint density at radius 1 is 1.22 bits per heavy atom. The van der Waals surface area contributed by atoms with Gasteiger partial charge in [0.25, 0.3) is 11.8 Å². The zero-order valence-electron chi connectivity index (χ0n) is 16.7. The molecule has 1 heterocycles. The van der Waals surface area contributed by atoms with E-state index in [1.807, 2.05) is 0 Å². The van der Waals surface area contributed by atoms with Crippen LogP contribution in [0.15, 0.2) is 36.0 Å². The average Bonchev–Trinajstić information content (AvgIpc) is 2.76. The first-order valence-electron chi connectivity index (χ1n) is 9.25. The first kappa shape index (κ1) is 24.5. The summed E-state index contributed by atoms with van der Waals surface area (Å²) in [6.07, 6.45) is -3.07. The maximum Gasteiger partial charge on any atom is 0.471 e. The topological polar surface area (TPSA) is 161 Å². The van der Waals surface area contributed by atoms with Crippen molar-refractivity contribution >= 4 is 29.8 Å². The van der Waals surface area contributed by atoms with Crippen LogP contribution in [0.2, 0.25) is 0 Å². The van der Waals surface area contributed by atoms with Crippen LogP contribution < -0.4 is 16.4 Å². The van der Waals surface area contributed by atoms with E-state index < -0.39 is 35.8 Å². The summed E-state index contributed by atoms with van der Waals surface area (Å²) in [7, 11) is 0. The smallest absolute Gasteiger partial charge is 0.394 e. The lowest BCUT2D eigenvalue weighted by molar-refractivity contribution is -0.171. The minimum atomic E-state index is -5.12. The Labute approximate surface area is 180 Å². The number of allylic oxidation sites excluding steroid dienone is 1. The minimum Gasteiger partial charge on any atom is -0.394 e. The van der Waals surface area contributed by atoms with Gasteiger partial charge in [0.1, 0.15) is 5.84 Å². The van der Waals surface area contributed by atoms with Gasteiger partial charge in [0, 0.05) is 30.4 Å². The van der Waals surface area contributed by atoms with E-state index in [0.29, 0.717) is 6.61 Å². The molecule has 32 heavy (non-hydrogen) atoms. The third-order valence-corrected chi connectivity index (χ3v) is 4.43. The summed E-state index contributed by atoms with van der Waals surface area (Å²) in [5.74, 6) is -4.04. The van der Waals surface area contributed by atoms with Crippen molar-refractivity contribution in [3.63, 3.8) is 0 Å². The highest BCUT2D eigenvalue weighted by Crippen LogP contribution is 2.15. The van der Waals surface area contributed by atoms with Crippen LogP contribution in [0.4, 0.5) is 13.2 Å². The highest BCUT2D eigenvalue weighted by atomic mass is 19.4. The van der Waals surface area contributed by atoms with Crippen molar-refractivity contribution in [1.82, 2.24) is 15.5 Å². The summed E-state index contributed by atoms with van der Waals surface area (Å²) in [6, 6.07) is 4.50. The van der Waals surface area contributed by atoms with E-state index in [4.69, 9.17) is 21.3 Å². The number of hydrogen-bond donors (Lipinski definition) is 5. The molecule has 1 aliphatic heterocycles. The number of benzene rings is 1. The van der Waals surface area contributed by atoms with E-state index in [0.717, 1.165) is 12.3 Å². The number of nitrogens with zero attached hydrogens (tertiary/aromatic N) is 1. The highest BCUT2D eigenvalue weighted by molar-refractivity contribution is 6.08. The van der Waals surface area contributed by atoms with Crippen molar-refractivity contribution in [3.8, 4) is 0 Å². The summed E-state index contributed by atoms with van der Waals surface area (Å²) >= 11 is 0. The first-order chi connectivity index (χ1) is 15.0. The summed E-state index contributed by atoms with van der Waals surface area (Å²) in [6.45, 7) is 0.763. The maximum absolute atomic E-state index is 12.4. The molecule has 0 radical (unpaired) electrons. The van der Waals surface area contributed by atoms with Gasteiger partial charge in [-0.3, -0.25) is 19.8 Å². The Balaban J connectivity index is 1.98. The largest absolute Gasteiger partial charge is 0.471 e. The third kappa shape index (κ3) is 6.38. The lowest BCUT2D eigenvalue weighted by atomic mass is 10.1. The van der Waals surface area contributed by atoms with Gasteiger partial charge < -0.3 is 31.4 Å². The molecule has 0 unspecified atom stereocenters. The van der Waals surface area contributed by atoms with Gasteiger partial charge >= 0.3 is 12.1 Å². The van der Waals surface area contributed by atoms with Gasteiger partial charge in [0.05, 0.1) is 25.0 Å².